The van der Waals surface area contributed by atoms with Gasteiger partial charge in [0.25, 0.3) is 0 Å². The van der Waals surface area contributed by atoms with E-state index in [4.69, 9.17) is 18.9 Å². The van der Waals surface area contributed by atoms with Crippen molar-refractivity contribution in [1.29, 1.82) is 0 Å². The number of ether oxygens (including phenoxy) is 4. The Morgan fingerprint density at radius 2 is 1.52 bits per heavy atom. The molecule has 0 N–H and O–H groups in total. The molecule has 4 rings (SSSR count). The van der Waals surface area contributed by atoms with Crippen LogP contribution in [0.2, 0.25) is 0 Å². The van der Waals surface area contributed by atoms with Crippen LogP contribution in [-0.2, 0) is 49.3 Å². The number of halogens is 7. The van der Waals surface area contributed by atoms with Crippen molar-refractivity contribution >= 4 is 21.7 Å². The number of carbonyl (C=O) groups is 1. The molecule has 0 aromatic heterocycles. The van der Waals surface area contributed by atoms with Gasteiger partial charge in [-0.25, -0.2) is 0 Å². The summed E-state index contributed by atoms with van der Waals surface area (Å²) in [6.07, 6.45) is -7.09. The zero-order valence-corrected chi connectivity index (χ0v) is 26.2. The van der Waals surface area contributed by atoms with E-state index >= 15 is 0 Å². The Morgan fingerprint density at radius 1 is 0.909 bits per heavy atom. The summed E-state index contributed by atoms with van der Waals surface area (Å²) < 4.78 is 107. The van der Waals surface area contributed by atoms with E-state index in [0.717, 1.165) is 11.6 Å². The topological polar surface area (TPSA) is 54.0 Å². The highest BCUT2D eigenvalue weighted by Crippen LogP contribution is 2.64. The Labute approximate surface area is 261 Å². The Bertz CT molecular complexity index is 1300. The van der Waals surface area contributed by atoms with Crippen molar-refractivity contribution in [2.45, 2.75) is 64.6 Å². The average molecular weight is 694 g/mol. The summed E-state index contributed by atoms with van der Waals surface area (Å²) in [7, 11) is 0. The zero-order valence-electron chi connectivity index (χ0n) is 24.6. The van der Waals surface area contributed by atoms with Crippen LogP contribution in [0.1, 0.15) is 49.4 Å². The standard InChI is InChI=1S/C32H35BrF6O5/c1-4-43-26(16-33)44-30-15-9-14-25(30)27(40)28(2,19-41-17-21-10-6-5-7-11-21)29(30,3)20-42-18-22-23(31(34,35)36)12-8-13-24(22)32(37,38)39/h5-14,25-26H,4,15-20H2,1-3H3/t25-,26?,28+,29+,30+/m0/s1. The molecule has 1 fully saturated rings. The third-order valence-electron chi connectivity index (χ3n) is 8.98. The summed E-state index contributed by atoms with van der Waals surface area (Å²) in [5.41, 5.74) is -6.86. The Morgan fingerprint density at radius 3 is 2.09 bits per heavy atom. The Hall–Kier alpha value is -2.25. The Kier molecular flexibility index (Phi) is 10.4. The summed E-state index contributed by atoms with van der Waals surface area (Å²) in [4.78, 5) is 14.2. The van der Waals surface area contributed by atoms with E-state index in [-0.39, 0.29) is 30.7 Å². The van der Waals surface area contributed by atoms with Crippen LogP contribution in [-0.4, -0.2) is 42.8 Å². The molecule has 1 saturated carbocycles. The number of rotatable bonds is 13. The van der Waals surface area contributed by atoms with Gasteiger partial charge in [-0.2, -0.15) is 26.3 Å². The van der Waals surface area contributed by atoms with Gasteiger partial charge in [0.15, 0.2) is 12.1 Å². The van der Waals surface area contributed by atoms with Crippen molar-refractivity contribution in [2.75, 3.05) is 25.2 Å². The maximum Gasteiger partial charge on any atom is 0.416 e. The minimum atomic E-state index is -5.04. The monoisotopic (exact) mass is 692 g/mol. The van der Waals surface area contributed by atoms with Crippen molar-refractivity contribution in [3.05, 3.63) is 82.9 Å². The highest BCUT2D eigenvalue weighted by atomic mass is 79.9. The molecule has 44 heavy (non-hydrogen) atoms. The number of hydrogen-bond acceptors (Lipinski definition) is 5. The molecule has 0 saturated heterocycles. The van der Waals surface area contributed by atoms with Crippen LogP contribution in [0.5, 0.6) is 0 Å². The fourth-order valence-corrected chi connectivity index (χ4v) is 6.80. The highest BCUT2D eigenvalue weighted by Gasteiger charge is 2.74. The van der Waals surface area contributed by atoms with Gasteiger partial charge in [-0.1, -0.05) is 71.4 Å². The summed E-state index contributed by atoms with van der Waals surface area (Å²) in [5, 5.41) is 0.259. The predicted octanol–water partition coefficient (Wildman–Crippen LogP) is 8.14. The van der Waals surface area contributed by atoms with Gasteiger partial charge in [0.2, 0.25) is 0 Å². The normalized spacial score (nSPS) is 27.6. The minimum absolute atomic E-state index is 0.0867. The predicted molar refractivity (Wildman–Crippen MR) is 154 cm³/mol. The zero-order chi connectivity index (χ0) is 32.4. The maximum atomic E-state index is 14.2. The maximum absolute atomic E-state index is 14.2. The number of hydrogen-bond donors (Lipinski definition) is 0. The smallest absolute Gasteiger partial charge is 0.376 e. The van der Waals surface area contributed by atoms with Gasteiger partial charge in [0.1, 0.15) is 0 Å². The van der Waals surface area contributed by atoms with E-state index in [1.165, 1.54) is 0 Å². The lowest BCUT2D eigenvalue weighted by Gasteiger charge is -2.50. The number of ketones is 1. The van der Waals surface area contributed by atoms with Crippen LogP contribution in [0.15, 0.2) is 60.7 Å². The largest absolute Gasteiger partial charge is 0.416 e. The first-order valence-electron chi connectivity index (χ1n) is 14.2. The lowest BCUT2D eigenvalue weighted by molar-refractivity contribution is -0.255. The first-order chi connectivity index (χ1) is 20.6. The molecule has 0 heterocycles. The Balaban J connectivity index is 1.72. The molecular weight excluding hydrogens is 658 g/mol. The van der Waals surface area contributed by atoms with Crippen molar-refractivity contribution < 1.29 is 50.1 Å². The highest BCUT2D eigenvalue weighted by molar-refractivity contribution is 9.09. The molecule has 0 bridgehead atoms. The second-order valence-electron chi connectivity index (χ2n) is 11.5. The van der Waals surface area contributed by atoms with Crippen molar-refractivity contribution in [3.63, 3.8) is 0 Å². The van der Waals surface area contributed by atoms with Crippen LogP contribution in [0.4, 0.5) is 26.3 Å². The third kappa shape index (κ3) is 6.38. The van der Waals surface area contributed by atoms with Crippen LogP contribution < -0.4 is 0 Å². The van der Waals surface area contributed by atoms with Gasteiger partial charge in [-0.3, -0.25) is 4.79 Å². The van der Waals surface area contributed by atoms with Crippen molar-refractivity contribution in [3.8, 4) is 0 Å². The molecule has 2 aliphatic carbocycles. The molecule has 0 amide bonds. The number of benzene rings is 2. The van der Waals surface area contributed by atoms with E-state index in [9.17, 15) is 31.1 Å². The molecule has 2 aromatic rings. The first-order valence-corrected chi connectivity index (χ1v) is 15.3. The number of Topliss-reactive ketones (excluding diaryl/α,β-unsaturated/α-hetero) is 1. The van der Waals surface area contributed by atoms with E-state index in [2.05, 4.69) is 15.9 Å². The summed E-state index contributed by atoms with van der Waals surface area (Å²) in [6.45, 7) is 4.21. The first kappa shape index (κ1) is 34.6. The average Bonchev–Trinajstić information content (AvgIpc) is 3.44. The lowest BCUT2D eigenvalue weighted by Crippen LogP contribution is -2.57. The van der Waals surface area contributed by atoms with E-state index in [1.807, 2.05) is 30.3 Å². The van der Waals surface area contributed by atoms with Gasteiger partial charge in [0.05, 0.1) is 59.8 Å². The molecule has 12 heteroatoms. The van der Waals surface area contributed by atoms with Crippen molar-refractivity contribution in [1.82, 2.24) is 0 Å². The number of carbonyl (C=O) groups excluding carboxylic acids is 1. The molecule has 2 aliphatic rings. The molecule has 0 aliphatic heterocycles. The van der Waals surface area contributed by atoms with Crippen LogP contribution in [0, 0.1) is 16.7 Å². The third-order valence-corrected chi connectivity index (χ3v) is 9.51. The minimum Gasteiger partial charge on any atom is -0.376 e. The molecule has 0 radical (unpaired) electrons. The van der Waals surface area contributed by atoms with Gasteiger partial charge in [-0.15, -0.1) is 0 Å². The molecule has 5 atom stereocenters. The number of fused-ring (bicyclic) bond motifs is 1. The van der Waals surface area contributed by atoms with Gasteiger partial charge in [-0.05, 0) is 38.0 Å². The van der Waals surface area contributed by atoms with Gasteiger partial charge < -0.3 is 18.9 Å². The number of alkyl halides is 7. The molecule has 242 valence electrons. The summed E-state index contributed by atoms with van der Waals surface area (Å²) in [6, 6.07) is 11.2. The molecule has 5 nitrogen and oxygen atoms in total. The SMILES string of the molecule is CCOC(CBr)O[C@]12CC=C[C@H]1C(=O)[C@@](C)(COCc1ccccc1)[C@@]2(C)COCc1c(C(F)(F)F)cccc1C(F)(F)F. The quantitative estimate of drug-likeness (QED) is 0.0918. The molecule has 2 aromatic carbocycles. The molecular formula is C32H35BrF6O5. The van der Waals surface area contributed by atoms with Crippen molar-refractivity contribution in [2.24, 2.45) is 16.7 Å². The van der Waals surface area contributed by atoms with Crippen LogP contribution in [0.25, 0.3) is 0 Å². The fraction of sp³-hybridized carbons (Fsp3) is 0.531. The molecule has 1 unspecified atom stereocenters. The lowest BCUT2D eigenvalue weighted by atomic mass is 9.62. The van der Waals surface area contributed by atoms with E-state index in [1.54, 1.807) is 32.9 Å². The van der Waals surface area contributed by atoms with E-state index in [0.29, 0.717) is 18.7 Å². The second-order valence-corrected chi connectivity index (χ2v) is 12.1. The fourth-order valence-electron chi connectivity index (χ4n) is 6.48. The second kappa shape index (κ2) is 13.2. The van der Waals surface area contributed by atoms with E-state index < -0.39 is 70.9 Å². The van der Waals surface area contributed by atoms with Gasteiger partial charge >= 0.3 is 12.4 Å². The molecule has 0 spiro atoms. The van der Waals surface area contributed by atoms with Gasteiger partial charge in [0, 0.05) is 17.6 Å². The van der Waals surface area contributed by atoms with Crippen LogP contribution >= 0.6 is 15.9 Å². The summed E-state index contributed by atoms with van der Waals surface area (Å²) >= 11 is 3.38. The summed E-state index contributed by atoms with van der Waals surface area (Å²) in [5.74, 6) is -0.987. The van der Waals surface area contributed by atoms with Crippen LogP contribution in [0.3, 0.4) is 0 Å².